The maximum absolute atomic E-state index is 11.0. The highest BCUT2D eigenvalue weighted by atomic mass is 35.5. The van der Waals surface area contributed by atoms with Crippen LogP contribution in [0.15, 0.2) is 65.3 Å². The molecular weight excluding hydrogens is 308 g/mol. The minimum atomic E-state index is -1.33. The lowest BCUT2D eigenvalue weighted by Gasteiger charge is -2.09. The van der Waals surface area contributed by atoms with Crippen LogP contribution in [-0.2, 0) is 4.79 Å². The fourth-order valence-electron chi connectivity index (χ4n) is 1.74. The number of carboxylic acid groups (broad SMARTS) is 1. The molecule has 0 saturated carbocycles. The Kier molecular flexibility index (Phi) is 5.31. The second kappa shape index (κ2) is 7.20. The topological polar surface area (TPSA) is 57.5 Å². The number of halogens is 1. The fourth-order valence-corrected chi connectivity index (χ4v) is 2.81. The molecule has 0 spiro atoms. The van der Waals surface area contributed by atoms with Crippen LogP contribution in [0.2, 0.25) is 5.02 Å². The SMILES string of the molecule is O=C(O)/C(O)=C(\CSc1ccc(Cl)cc1)c1ccccc1. The van der Waals surface area contributed by atoms with Crippen LogP contribution >= 0.6 is 23.4 Å². The number of benzene rings is 2. The van der Waals surface area contributed by atoms with Crippen molar-refractivity contribution in [3.05, 3.63) is 70.9 Å². The zero-order valence-electron chi connectivity index (χ0n) is 11.0. The molecule has 2 aromatic rings. The van der Waals surface area contributed by atoms with Gasteiger partial charge in [0.25, 0.3) is 0 Å². The Labute approximate surface area is 131 Å². The van der Waals surface area contributed by atoms with Crippen LogP contribution in [0.3, 0.4) is 0 Å². The summed E-state index contributed by atoms with van der Waals surface area (Å²) in [7, 11) is 0. The number of rotatable bonds is 5. The molecular formula is C16H13ClO3S. The molecule has 0 aliphatic heterocycles. The second-order valence-electron chi connectivity index (χ2n) is 4.24. The Morgan fingerprint density at radius 2 is 1.62 bits per heavy atom. The second-order valence-corrected chi connectivity index (χ2v) is 5.73. The van der Waals surface area contributed by atoms with E-state index >= 15 is 0 Å². The van der Waals surface area contributed by atoms with Crippen molar-refractivity contribution in [2.24, 2.45) is 0 Å². The number of thioether (sulfide) groups is 1. The van der Waals surface area contributed by atoms with Crippen molar-refractivity contribution in [1.29, 1.82) is 0 Å². The number of carbonyl (C=O) groups is 1. The van der Waals surface area contributed by atoms with E-state index in [-0.39, 0.29) is 0 Å². The molecule has 0 aliphatic carbocycles. The van der Waals surface area contributed by atoms with Crippen molar-refractivity contribution in [1.82, 2.24) is 0 Å². The predicted octanol–water partition coefficient (Wildman–Crippen LogP) is 4.49. The monoisotopic (exact) mass is 320 g/mol. The van der Waals surface area contributed by atoms with Crippen LogP contribution in [0.5, 0.6) is 0 Å². The summed E-state index contributed by atoms with van der Waals surface area (Å²) in [4.78, 5) is 12.0. The number of hydrogen-bond acceptors (Lipinski definition) is 3. The summed E-state index contributed by atoms with van der Waals surface area (Å²) in [5.74, 6) is -1.60. The summed E-state index contributed by atoms with van der Waals surface area (Å²) in [6.45, 7) is 0. The van der Waals surface area contributed by atoms with E-state index in [0.717, 1.165) is 4.90 Å². The lowest BCUT2D eigenvalue weighted by atomic mass is 10.1. The summed E-state index contributed by atoms with van der Waals surface area (Å²) in [5, 5.41) is 19.5. The Morgan fingerprint density at radius 3 is 2.19 bits per heavy atom. The highest BCUT2D eigenvalue weighted by Gasteiger charge is 2.15. The van der Waals surface area contributed by atoms with Gasteiger partial charge >= 0.3 is 5.97 Å². The summed E-state index contributed by atoms with van der Waals surface area (Å²) >= 11 is 7.26. The molecule has 108 valence electrons. The van der Waals surface area contributed by atoms with E-state index in [1.54, 1.807) is 36.4 Å². The number of aliphatic hydroxyl groups excluding tert-OH is 1. The van der Waals surface area contributed by atoms with Crippen molar-refractivity contribution >= 4 is 34.9 Å². The van der Waals surface area contributed by atoms with E-state index in [2.05, 4.69) is 0 Å². The van der Waals surface area contributed by atoms with Gasteiger partial charge in [-0.3, -0.25) is 0 Å². The van der Waals surface area contributed by atoms with Gasteiger partial charge in [0.15, 0.2) is 0 Å². The largest absolute Gasteiger partial charge is 0.502 e. The molecule has 21 heavy (non-hydrogen) atoms. The van der Waals surface area contributed by atoms with Gasteiger partial charge in [0.05, 0.1) is 0 Å². The smallest absolute Gasteiger partial charge is 0.371 e. The molecule has 5 heteroatoms. The first-order chi connectivity index (χ1) is 10.1. The van der Waals surface area contributed by atoms with Crippen LogP contribution in [-0.4, -0.2) is 21.9 Å². The van der Waals surface area contributed by atoms with Gasteiger partial charge in [0.1, 0.15) is 0 Å². The lowest BCUT2D eigenvalue weighted by Crippen LogP contribution is -2.05. The zero-order valence-corrected chi connectivity index (χ0v) is 12.6. The number of aliphatic hydroxyl groups is 1. The Balaban J connectivity index is 2.24. The molecule has 0 bridgehead atoms. The molecule has 2 N–H and O–H groups in total. The van der Waals surface area contributed by atoms with Gasteiger partial charge in [-0.1, -0.05) is 41.9 Å². The van der Waals surface area contributed by atoms with Crippen molar-refractivity contribution in [2.75, 3.05) is 5.75 Å². The number of aliphatic carboxylic acids is 1. The Hall–Kier alpha value is -1.91. The van der Waals surface area contributed by atoms with Gasteiger partial charge in [-0.15, -0.1) is 11.8 Å². The van der Waals surface area contributed by atoms with E-state index < -0.39 is 11.7 Å². The van der Waals surface area contributed by atoms with E-state index in [1.165, 1.54) is 11.8 Å². The summed E-state index contributed by atoms with van der Waals surface area (Å²) in [6.07, 6.45) is 0. The third-order valence-electron chi connectivity index (χ3n) is 2.81. The maximum atomic E-state index is 11.0. The van der Waals surface area contributed by atoms with Gasteiger partial charge in [-0.2, -0.15) is 0 Å². The Morgan fingerprint density at radius 1 is 1.00 bits per heavy atom. The highest BCUT2D eigenvalue weighted by molar-refractivity contribution is 7.99. The van der Waals surface area contributed by atoms with Crippen molar-refractivity contribution < 1.29 is 15.0 Å². The molecule has 2 rings (SSSR count). The van der Waals surface area contributed by atoms with Crippen LogP contribution < -0.4 is 0 Å². The van der Waals surface area contributed by atoms with Crippen LogP contribution in [0.25, 0.3) is 5.57 Å². The standard InChI is InChI=1S/C16H13ClO3S/c17-12-6-8-13(9-7-12)21-10-14(15(18)16(19)20)11-4-2-1-3-5-11/h1-9,18H,10H2,(H,19,20)/b15-14-. The highest BCUT2D eigenvalue weighted by Crippen LogP contribution is 2.28. The molecule has 0 heterocycles. The third kappa shape index (κ3) is 4.28. The molecule has 2 aromatic carbocycles. The normalized spacial score (nSPS) is 11.9. The van der Waals surface area contributed by atoms with Crippen molar-refractivity contribution in [3.63, 3.8) is 0 Å². The first-order valence-electron chi connectivity index (χ1n) is 6.17. The third-order valence-corrected chi connectivity index (χ3v) is 4.10. The minimum Gasteiger partial charge on any atom is -0.502 e. The first kappa shape index (κ1) is 15.5. The van der Waals surface area contributed by atoms with Gasteiger partial charge in [-0.05, 0) is 29.8 Å². The molecule has 0 saturated heterocycles. The van der Waals surface area contributed by atoms with Gasteiger partial charge < -0.3 is 10.2 Å². The summed E-state index contributed by atoms with van der Waals surface area (Å²) in [6, 6.07) is 16.2. The molecule has 0 amide bonds. The summed E-state index contributed by atoms with van der Waals surface area (Å²) < 4.78 is 0. The quantitative estimate of drug-likeness (QED) is 0.484. The summed E-state index contributed by atoms with van der Waals surface area (Å²) in [5.41, 5.74) is 1.09. The average molecular weight is 321 g/mol. The molecule has 0 unspecified atom stereocenters. The molecule has 3 nitrogen and oxygen atoms in total. The van der Waals surface area contributed by atoms with Crippen LogP contribution in [0.1, 0.15) is 5.56 Å². The average Bonchev–Trinajstić information content (AvgIpc) is 2.50. The maximum Gasteiger partial charge on any atom is 0.371 e. The molecule has 0 atom stereocenters. The van der Waals surface area contributed by atoms with Gasteiger partial charge in [-0.25, -0.2) is 4.79 Å². The molecule has 0 radical (unpaired) electrons. The number of hydrogen-bond donors (Lipinski definition) is 2. The fraction of sp³-hybridized carbons (Fsp3) is 0.0625. The Bertz CT molecular complexity index is 651. The van der Waals surface area contributed by atoms with Crippen molar-refractivity contribution in [3.8, 4) is 0 Å². The van der Waals surface area contributed by atoms with E-state index in [4.69, 9.17) is 16.7 Å². The molecule has 0 aromatic heterocycles. The van der Waals surface area contributed by atoms with E-state index in [0.29, 0.717) is 21.9 Å². The van der Waals surface area contributed by atoms with E-state index in [1.807, 2.05) is 18.2 Å². The first-order valence-corrected chi connectivity index (χ1v) is 7.53. The van der Waals surface area contributed by atoms with Gasteiger partial charge in [0.2, 0.25) is 5.76 Å². The predicted molar refractivity (Wildman–Crippen MR) is 85.8 cm³/mol. The van der Waals surface area contributed by atoms with Crippen LogP contribution in [0, 0.1) is 0 Å². The molecule has 0 fully saturated rings. The zero-order chi connectivity index (χ0) is 15.2. The van der Waals surface area contributed by atoms with Crippen molar-refractivity contribution in [2.45, 2.75) is 4.90 Å². The molecule has 0 aliphatic rings. The van der Waals surface area contributed by atoms with Gasteiger partial charge in [0, 0.05) is 21.2 Å². The number of carboxylic acids is 1. The lowest BCUT2D eigenvalue weighted by molar-refractivity contribution is -0.135. The minimum absolute atomic E-state index is 0.351. The van der Waals surface area contributed by atoms with Crippen LogP contribution in [0.4, 0.5) is 0 Å². The van der Waals surface area contributed by atoms with E-state index in [9.17, 15) is 9.90 Å².